The van der Waals surface area contributed by atoms with Crippen molar-refractivity contribution in [2.75, 3.05) is 55.4 Å². The van der Waals surface area contributed by atoms with Crippen LogP contribution < -0.4 is 24.4 Å². The first-order valence-electron chi connectivity index (χ1n) is 12.7. The Hall–Kier alpha value is -4.46. The average molecular weight is 578 g/mol. The molecule has 1 fully saturated rings. The number of methoxy groups -OCH3 is 2. The number of ether oxygens (including phenoxy) is 3. The molecule has 1 aliphatic heterocycles. The Balaban J connectivity index is 1.51. The summed E-state index contributed by atoms with van der Waals surface area (Å²) >= 11 is 0. The second-order valence-corrected chi connectivity index (χ2v) is 9.91. The van der Waals surface area contributed by atoms with E-state index >= 15 is 0 Å². The third kappa shape index (κ3) is 6.82. The number of fused-ring (bicyclic) bond motifs is 1. The predicted octanol–water partition coefficient (Wildman–Crippen LogP) is 3.49. The Labute approximate surface area is 238 Å². The molecule has 12 nitrogen and oxygen atoms in total. The van der Waals surface area contributed by atoms with Gasteiger partial charge in [-0.05, 0) is 30.3 Å². The fourth-order valence-electron chi connectivity index (χ4n) is 4.31. The summed E-state index contributed by atoms with van der Waals surface area (Å²) < 4.78 is 42.5. The molecule has 5 rings (SSSR count). The van der Waals surface area contributed by atoms with Crippen molar-refractivity contribution in [3.05, 3.63) is 73.3 Å². The highest BCUT2D eigenvalue weighted by molar-refractivity contribution is 7.74. The van der Waals surface area contributed by atoms with Crippen molar-refractivity contribution < 1.29 is 27.4 Å². The molecule has 1 saturated heterocycles. The highest BCUT2D eigenvalue weighted by Crippen LogP contribution is 2.35. The molecule has 1 amide bonds. The first kappa shape index (κ1) is 28.1. The maximum atomic E-state index is 12.8. The molecule has 0 spiro atoms. The summed E-state index contributed by atoms with van der Waals surface area (Å²) in [5.74, 6) is 1.08. The molecule has 0 bridgehead atoms. The highest BCUT2D eigenvalue weighted by atomic mass is 32.2. The molecule has 3 aromatic carbocycles. The fraction of sp³-hybridized carbons (Fsp3) is 0.214. The number of nitrogens with one attached hydrogen (secondary N) is 2. The lowest BCUT2D eigenvalue weighted by atomic mass is 10.2. The van der Waals surface area contributed by atoms with Gasteiger partial charge in [0.05, 0.1) is 50.7 Å². The van der Waals surface area contributed by atoms with Gasteiger partial charge in [0.25, 0.3) is 0 Å². The molecule has 2 heterocycles. The van der Waals surface area contributed by atoms with Gasteiger partial charge >= 0.3 is 0 Å². The zero-order valence-electron chi connectivity index (χ0n) is 22.4. The Kier molecular flexibility index (Phi) is 8.77. The monoisotopic (exact) mass is 577 g/mol. The van der Waals surface area contributed by atoms with Crippen LogP contribution in [0.15, 0.2) is 66.7 Å². The minimum atomic E-state index is -3.23. The van der Waals surface area contributed by atoms with E-state index in [1.165, 1.54) is 14.2 Å². The maximum Gasteiger partial charge on any atom is 0.238 e. The Morgan fingerprint density at radius 3 is 2.37 bits per heavy atom. The van der Waals surface area contributed by atoms with E-state index in [1.807, 2.05) is 11.0 Å². The Morgan fingerprint density at radius 2 is 1.71 bits per heavy atom. The number of thiol groups is 1. The first-order valence-corrected chi connectivity index (χ1v) is 13.8. The van der Waals surface area contributed by atoms with E-state index in [4.69, 9.17) is 19.2 Å². The van der Waals surface area contributed by atoms with E-state index in [0.29, 0.717) is 53.6 Å². The SMILES string of the molecule is COc1cc(Nc2nc3ccccc3nc2N(c2cccc(NC(=O)CN3C[CH]OCC3)c2)[SH](=O)=O)cc(OC)c1. The molecule has 4 aromatic rings. The van der Waals surface area contributed by atoms with Crippen LogP contribution in [0.3, 0.4) is 0 Å². The van der Waals surface area contributed by atoms with E-state index in [2.05, 4.69) is 15.6 Å². The minimum absolute atomic E-state index is 0.0499. The van der Waals surface area contributed by atoms with E-state index in [-0.39, 0.29) is 29.8 Å². The smallest absolute Gasteiger partial charge is 0.238 e. The summed E-state index contributed by atoms with van der Waals surface area (Å²) in [7, 11) is -0.152. The van der Waals surface area contributed by atoms with Crippen molar-refractivity contribution in [2.24, 2.45) is 0 Å². The molecule has 0 atom stereocenters. The number of hydrogen-bond donors (Lipinski definition) is 3. The van der Waals surface area contributed by atoms with Gasteiger partial charge in [-0.2, -0.15) is 0 Å². The number of carbonyl (C=O) groups excluding carboxylic acids is 1. The maximum absolute atomic E-state index is 12.8. The summed E-state index contributed by atoms with van der Waals surface area (Å²) in [4.78, 5) is 24.0. The van der Waals surface area contributed by atoms with Crippen molar-refractivity contribution in [1.82, 2.24) is 14.9 Å². The number of para-hydroxylation sites is 2. The van der Waals surface area contributed by atoms with Crippen molar-refractivity contribution in [1.29, 1.82) is 0 Å². The molecule has 41 heavy (non-hydrogen) atoms. The van der Waals surface area contributed by atoms with Gasteiger partial charge in [0, 0.05) is 42.7 Å². The number of hydrogen-bond acceptors (Lipinski definition) is 10. The van der Waals surface area contributed by atoms with Crippen LogP contribution in [-0.4, -0.2) is 69.7 Å². The second kappa shape index (κ2) is 12.8. The third-order valence-electron chi connectivity index (χ3n) is 6.25. The summed E-state index contributed by atoms with van der Waals surface area (Å²) in [5, 5.41) is 6.03. The molecule has 2 N–H and O–H groups in total. The van der Waals surface area contributed by atoms with Crippen molar-refractivity contribution >= 4 is 56.5 Å². The van der Waals surface area contributed by atoms with Crippen LogP contribution in [0.5, 0.6) is 11.5 Å². The van der Waals surface area contributed by atoms with Crippen molar-refractivity contribution in [2.45, 2.75) is 0 Å². The molecule has 13 heteroatoms. The fourth-order valence-corrected chi connectivity index (χ4v) is 4.92. The van der Waals surface area contributed by atoms with Gasteiger partial charge in [0.2, 0.25) is 16.8 Å². The van der Waals surface area contributed by atoms with E-state index < -0.39 is 10.9 Å². The molecular weight excluding hydrogens is 548 g/mol. The summed E-state index contributed by atoms with van der Waals surface area (Å²) in [6.07, 6.45) is 0. The molecule has 213 valence electrons. The predicted molar refractivity (Wildman–Crippen MR) is 157 cm³/mol. The zero-order valence-corrected chi connectivity index (χ0v) is 23.3. The van der Waals surface area contributed by atoms with Gasteiger partial charge in [0.15, 0.2) is 11.6 Å². The van der Waals surface area contributed by atoms with Crippen LogP contribution in [-0.2, 0) is 20.4 Å². The number of benzene rings is 3. The minimum Gasteiger partial charge on any atom is -0.497 e. The van der Waals surface area contributed by atoms with Crippen LogP contribution in [0.1, 0.15) is 0 Å². The number of carbonyl (C=O) groups is 1. The van der Waals surface area contributed by atoms with Gasteiger partial charge in [-0.25, -0.2) is 22.7 Å². The standard InChI is InChI=1S/C28H29N6O6S/c1-38-22-15-20(16-23(17-22)39-2)30-27-28(32-25-9-4-3-8-24(25)31-27)34(41(36)37)21-7-5-6-19(14-21)29-26(35)18-33-10-12-40-13-11-33/h3-9,12,14-17,41H,10-11,13,18H2,1-2H3,(H,29,35)(H,30,31). The highest BCUT2D eigenvalue weighted by Gasteiger charge is 2.22. The molecular formula is C28H29N6O6S. The van der Waals surface area contributed by atoms with Crippen molar-refractivity contribution in [3.8, 4) is 11.5 Å². The normalized spacial score (nSPS) is 13.6. The largest absolute Gasteiger partial charge is 0.497 e. The zero-order chi connectivity index (χ0) is 28.8. The van der Waals surface area contributed by atoms with Gasteiger partial charge in [0.1, 0.15) is 11.5 Å². The Morgan fingerprint density at radius 1 is 0.976 bits per heavy atom. The first-order chi connectivity index (χ1) is 19.9. The lowest BCUT2D eigenvalue weighted by Gasteiger charge is -2.25. The van der Waals surface area contributed by atoms with E-state index in [1.54, 1.807) is 67.3 Å². The second-order valence-electron chi connectivity index (χ2n) is 9.03. The van der Waals surface area contributed by atoms with Crippen LogP contribution in [0, 0.1) is 6.61 Å². The van der Waals surface area contributed by atoms with E-state index in [0.717, 1.165) is 4.31 Å². The topological polar surface area (TPSA) is 135 Å². The molecule has 0 saturated carbocycles. The molecule has 1 radical (unpaired) electrons. The molecule has 1 aliphatic rings. The number of rotatable bonds is 10. The lowest BCUT2D eigenvalue weighted by Crippen LogP contribution is -2.39. The van der Waals surface area contributed by atoms with Crippen molar-refractivity contribution in [3.63, 3.8) is 0 Å². The number of morpholine rings is 1. The van der Waals surface area contributed by atoms with Gasteiger partial charge < -0.3 is 24.8 Å². The Bertz CT molecular complexity index is 1600. The van der Waals surface area contributed by atoms with E-state index in [9.17, 15) is 13.2 Å². The molecule has 0 aliphatic carbocycles. The quantitative estimate of drug-likeness (QED) is 0.240. The van der Waals surface area contributed by atoms with Gasteiger partial charge in [-0.15, -0.1) is 0 Å². The molecule has 0 unspecified atom stereocenters. The van der Waals surface area contributed by atoms with Crippen LogP contribution in [0.2, 0.25) is 0 Å². The third-order valence-corrected chi connectivity index (χ3v) is 6.99. The van der Waals surface area contributed by atoms with Crippen LogP contribution in [0.25, 0.3) is 11.0 Å². The van der Waals surface area contributed by atoms with Crippen LogP contribution in [0.4, 0.5) is 28.7 Å². The van der Waals surface area contributed by atoms with Gasteiger partial charge in [-0.1, -0.05) is 18.2 Å². The number of aromatic nitrogens is 2. The number of anilines is 5. The summed E-state index contributed by atoms with van der Waals surface area (Å²) in [6.45, 7) is 3.56. The van der Waals surface area contributed by atoms with Gasteiger partial charge in [-0.3, -0.25) is 9.69 Å². The average Bonchev–Trinajstić information content (AvgIpc) is 2.97. The number of nitrogens with zero attached hydrogens (tertiary/aromatic N) is 4. The molecule has 1 aromatic heterocycles. The number of amides is 1. The summed E-state index contributed by atoms with van der Waals surface area (Å²) in [5.41, 5.74) is 2.33. The summed E-state index contributed by atoms with van der Waals surface area (Å²) in [6, 6.07) is 18.9. The van der Waals surface area contributed by atoms with Crippen LogP contribution >= 0.6 is 0 Å². The lowest BCUT2D eigenvalue weighted by molar-refractivity contribution is -0.117.